The van der Waals surface area contributed by atoms with E-state index in [0.29, 0.717) is 0 Å². The molecule has 0 bridgehead atoms. The van der Waals surface area contributed by atoms with Crippen molar-refractivity contribution in [3.05, 3.63) is 54.0 Å². The second-order valence-corrected chi connectivity index (χ2v) is 7.68. The Hall–Kier alpha value is -2.08. The molecular formula is C16H15NO4S. The molecule has 6 heteroatoms. The van der Waals surface area contributed by atoms with Crippen LogP contribution in [0.1, 0.15) is 24.0 Å². The number of furan rings is 1. The number of nitrogens with one attached hydrogen (secondary N) is 1. The molecule has 0 saturated heterocycles. The topological polar surface area (TPSA) is 76.4 Å². The molecule has 4 rings (SSSR count). The SMILES string of the molecule is O=C(NS(=O)(=O)c1ccoc1)C1CC12CCc1ccccc12. The summed E-state index contributed by atoms with van der Waals surface area (Å²) in [5.41, 5.74) is 2.32. The summed E-state index contributed by atoms with van der Waals surface area (Å²) >= 11 is 0. The number of benzene rings is 1. The van der Waals surface area contributed by atoms with Gasteiger partial charge in [0.15, 0.2) is 0 Å². The Labute approximate surface area is 128 Å². The van der Waals surface area contributed by atoms with Crippen molar-refractivity contribution in [1.29, 1.82) is 0 Å². The highest BCUT2D eigenvalue weighted by Crippen LogP contribution is 2.61. The first kappa shape index (κ1) is 13.6. The molecule has 114 valence electrons. The van der Waals surface area contributed by atoms with Crippen molar-refractivity contribution < 1.29 is 17.6 Å². The second kappa shape index (κ2) is 4.46. The maximum Gasteiger partial charge on any atom is 0.267 e. The van der Waals surface area contributed by atoms with E-state index in [1.807, 2.05) is 12.1 Å². The van der Waals surface area contributed by atoms with Gasteiger partial charge in [-0.25, -0.2) is 13.1 Å². The number of sulfonamides is 1. The highest BCUT2D eigenvalue weighted by atomic mass is 32.2. The highest BCUT2D eigenvalue weighted by Gasteiger charge is 2.61. The number of hydrogen-bond donors (Lipinski definition) is 1. The third-order valence-electron chi connectivity index (χ3n) is 4.83. The van der Waals surface area contributed by atoms with Crippen LogP contribution in [0.3, 0.4) is 0 Å². The average molecular weight is 317 g/mol. The molecule has 1 spiro atoms. The minimum atomic E-state index is -3.84. The Morgan fingerprint density at radius 3 is 2.86 bits per heavy atom. The molecule has 1 fully saturated rings. The van der Waals surface area contributed by atoms with Crippen LogP contribution < -0.4 is 4.72 Å². The quantitative estimate of drug-likeness (QED) is 0.939. The number of hydrogen-bond acceptors (Lipinski definition) is 4. The minimum Gasteiger partial charge on any atom is -0.471 e. The van der Waals surface area contributed by atoms with Crippen LogP contribution in [0.25, 0.3) is 0 Å². The fraction of sp³-hybridized carbons (Fsp3) is 0.312. The normalized spacial score (nSPS) is 25.9. The Bertz CT molecular complexity index is 841. The maximum atomic E-state index is 12.4. The largest absolute Gasteiger partial charge is 0.471 e. The van der Waals surface area contributed by atoms with Crippen molar-refractivity contribution in [2.24, 2.45) is 5.92 Å². The van der Waals surface area contributed by atoms with Crippen LogP contribution in [0.5, 0.6) is 0 Å². The van der Waals surface area contributed by atoms with Gasteiger partial charge in [-0.3, -0.25) is 4.79 Å². The van der Waals surface area contributed by atoms with Crippen LogP contribution in [0.4, 0.5) is 0 Å². The number of rotatable bonds is 3. The zero-order valence-electron chi connectivity index (χ0n) is 11.8. The molecule has 1 amide bonds. The van der Waals surface area contributed by atoms with E-state index in [9.17, 15) is 13.2 Å². The third-order valence-corrected chi connectivity index (χ3v) is 6.15. The zero-order chi connectivity index (χ0) is 15.4. The summed E-state index contributed by atoms with van der Waals surface area (Å²) in [6, 6.07) is 9.43. The first-order chi connectivity index (χ1) is 10.5. The number of carbonyl (C=O) groups excluding carboxylic acids is 1. The van der Waals surface area contributed by atoms with Gasteiger partial charge in [0, 0.05) is 11.3 Å². The Morgan fingerprint density at radius 2 is 2.09 bits per heavy atom. The van der Waals surface area contributed by atoms with Gasteiger partial charge in [0.25, 0.3) is 10.0 Å². The number of fused-ring (bicyclic) bond motifs is 2. The van der Waals surface area contributed by atoms with Crippen LogP contribution in [-0.4, -0.2) is 14.3 Å². The molecule has 1 aromatic carbocycles. The molecule has 2 aliphatic carbocycles. The van der Waals surface area contributed by atoms with Crippen molar-refractivity contribution in [2.75, 3.05) is 0 Å². The molecule has 22 heavy (non-hydrogen) atoms. The van der Waals surface area contributed by atoms with E-state index in [1.54, 1.807) is 0 Å². The summed E-state index contributed by atoms with van der Waals surface area (Å²) in [5.74, 6) is -0.685. The fourth-order valence-electron chi connectivity index (χ4n) is 3.61. The standard InChI is InChI=1S/C16H15NO4S/c18-15(17-22(19,20)12-6-8-21-10-12)14-9-16(14)7-5-11-3-1-2-4-13(11)16/h1-4,6,8,10,14H,5,7,9H2,(H,17,18). The van der Waals surface area contributed by atoms with Gasteiger partial charge in [-0.15, -0.1) is 0 Å². The Kier molecular flexibility index (Phi) is 2.75. The first-order valence-electron chi connectivity index (χ1n) is 7.20. The van der Waals surface area contributed by atoms with E-state index in [4.69, 9.17) is 4.42 Å². The lowest BCUT2D eigenvalue weighted by Gasteiger charge is -2.11. The van der Waals surface area contributed by atoms with Gasteiger partial charge in [0.05, 0.1) is 6.26 Å². The van der Waals surface area contributed by atoms with Crippen LogP contribution in [0.15, 0.2) is 52.2 Å². The van der Waals surface area contributed by atoms with Gasteiger partial charge in [-0.2, -0.15) is 0 Å². The third kappa shape index (κ3) is 1.90. The van der Waals surface area contributed by atoms with Gasteiger partial charge in [0.1, 0.15) is 11.2 Å². The molecule has 0 aliphatic heterocycles. The van der Waals surface area contributed by atoms with Crippen molar-refractivity contribution in [1.82, 2.24) is 4.72 Å². The number of carbonyl (C=O) groups is 1. The Morgan fingerprint density at radius 1 is 1.27 bits per heavy atom. The lowest BCUT2D eigenvalue weighted by molar-refractivity contribution is -0.121. The van der Waals surface area contributed by atoms with E-state index in [1.165, 1.54) is 23.5 Å². The van der Waals surface area contributed by atoms with Crippen LogP contribution in [0.2, 0.25) is 0 Å². The van der Waals surface area contributed by atoms with Crippen molar-refractivity contribution >= 4 is 15.9 Å². The smallest absolute Gasteiger partial charge is 0.267 e. The molecule has 2 aromatic rings. The van der Waals surface area contributed by atoms with Crippen LogP contribution in [0, 0.1) is 5.92 Å². The molecule has 1 saturated carbocycles. The lowest BCUT2D eigenvalue weighted by Crippen LogP contribution is -2.33. The molecule has 1 N–H and O–H groups in total. The highest BCUT2D eigenvalue weighted by molar-refractivity contribution is 7.90. The van der Waals surface area contributed by atoms with Gasteiger partial charge < -0.3 is 4.42 Å². The van der Waals surface area contributed by atoms with Crippen molar-refractivity contribution in [3.8, 4) is 0 Å². The summed E-state index contributed by atoms with van der Waals surface area (Å²) in [6.45, 7) is 0. The lowest BCUT2D eigenvalue weighted by atomic mass is 9.95. The van der Waals surface area contributed by atoms with Crippen molar-refractivity contribution in [2.45, 2.75) is 29.6 Å². The number of aryl methyl sites for hydroxylation is 1. The van der Waals surface area contributed by atoms with Crippen LogP contribution >= 0.6 is 0 Å². The molecule has 1 heterocycles. The summed E-state index contributed by atoms with van der Waals surface area (Å²) in [5, 5.41) is 0. The van der Waals surface area contributed by atoms with E-state index in [-0.39, 0.29) is 16.2 Å². The van der Waals surface area contributed by atoms with E-state index in [2.05, 4.69) is 16.9 Å². The first-order valence-corrected chi connectivity index (χ1v) is 8.68. The second-order valence-electron chi connectivity index (χ2n) is 6.00. The molecular weight excluding hydrogens is 302 g/mol. The van der Waals surface area contributed by atoms with E-state index >= 15 is 0 Å². The predicted molar refractivity (Wildman–Crippen MR) is 78.6 cm³/mol. The molecule has 0 radical (unpaired) electrons. The maximum absolute atomic E-state index is 12.4. The van der Waals surface area contributed by atoms with Gasteiger partial charge in [-0.1, -0.05) is 24.3 Å². The summed E-state index contributed by atoms with van der Waals surface area (Å²) in [6.07, 6.45) is 4.97. The van der Waals surface area contributed by atoms with E-state index < -0.39 is 15.9 Å². The van der Waals surface area contributed by atoms with Gasteiger partial charge in [-0.05, 0) is 36.5 Å². The Balaban J connectivity index is 1.55. The molecule has 2 aliphatic rings. The molecule has 5 nitrogen and oxygen atoms in total. The van der Waals surface area contributed by atoms with Crippen LogP contribution in [-0.2, 0) is 26.7 Å². The average Bonchev–Trinajstić information content (AvgIpc) is 2.86. The van der Waals surface area contributed by atoms with Gasteiger partial charge >= 0.3 is 0 Å². The summed E-state index contributed by atoms with van der Waals surface area (Å²) < 4.78 is 31.1. The fourth-order valence-corrected chi connectivity index (χ4v) is 4.55. The molecule has 1 aromatic heterocycles. The molecule has 2 atom stereocenters. The van der Waals surface area contributed by atoms with Gasteiger partial charge in [0.2, 0.25) is 5.91 Å². The van der Waals surface area contributed by atoms with E-state index in [0.717, 1.165) is 25.5 Å². The zero-order valence-corrected chi connectivity index (χ0v) is 12.6. The minimum absolute atomic E-state index is 0.0256. The number of amides is 1. The summed E-state index contributed by atoms with van der Waals surface area (Å²) in [7, 11) is -3.84. The summed E-state index contributed by atoms with van der Waals surface area (Å²) in [4.78, 5) is 12.3. The molecule has 2 unspecified atom stereocenters. The predicted octanol–water partition coefficient (Wildman–Crippen LogP) is 1.99. The van der Waals surface area contributed by atoms with Crippen molar-refractivity contribution in [3.63, 3.8) is 0 Å². The monoisotopic (exact) mass is 317 g/mol.